The van der Waals surface area contributed by atoms with Gasteiger partial charge in [0.15, 0.2) is 0 Å². The molecule has 1 aromatic heterocycles. The quantitative estimate of drug-likeness (QED) is 0.257. The molecule has 0 atom stereocenters. The van der Waals surface area contributed by atoms with Crippen LogP contribution in [0.4, 0.5) is 0 Å². The summed E-state index contributed by atoms with van der Waals surface area (Å²) in [7, 11) is 0. The number of rotatable bonds is 10. The number of carbonyl (C=O) groups is 1. The zero-order valence-corrected chi connectivity index (χ0v) is 22.4. The SMILES string of the molecule is O=C(O)c1ccc(OC/C=C/Cn2c(=O)n(-c3ccccc3)c(=O)n(C(c3ccccc3)c3ccccc3)c2=O)cc1. The van der Waals surface area contributed by atoms with Crippen molar-refractivity contribution in [1.29, 1.82) is 0 Å². The number of para-hydroxylation sites is 1. The minimum absolute atomic E-state index is 0.109. The standard InChI is InChI=1S/C33H27N3O6/c37-30(38)26-18-20-28(21-19-26)42-23-11-10-22-34-31(39)35(27-16-8-3-9-17-27)33(41)36(32(34)40)29(24-12-4-1-5-13-24)25-14-6-2-7-15-25/h1-21,29H,22-23H2,(H,37,38)/b11-10+. The number of aromatic carboxylic acids is 1. The van der Waals surface area contributed by atoms with Crippen LogP contribution in [0, 0.1) is 0 Å². The van der Waals surface area contributed by atoms with Gasteiger partial charge < -0.3 is 9.84 Å². The average molecular weight is 562 g/mol. The van der Waals surface area contributed by atoms with E-state index in [4.69, 9.17) is 9.84 Å². The lowest BCUT2D eigenvalue weighted by Crippen LogP contribution is -2.55. The number of carboxylic acid groups (broad SMARTS) is 1. The van der Waals surface area contributed by atoms with Crippen LogP contribution in [0.2, 0.25) is 0 Å². The first-order chi connectivity index (χ1) is 20.5. The zero-order chi connectivity index (χ0) is 29.5. The maximum atomic E-state index is 14.0. The fourth-order valence-corrected chi connectivity index (χ4v) is 4.63. The van der Waals surface area contributed by atoms with Crippen LogP contribution in [0.3, 0.4) is 0 Å². The molecule has 0 aliphatic carbocycles. The third kappa shape index (κ3) is 5.90. The van der Waals surface area contributed by atoms with Gasteiger partial charge in [-0.3, -0.25) is 0 Å². The van der Waals surface area contributed by atoms with Gasteiger partial charge in [-0.2, -0.15) is 0 Å². The Kier molecular flexibility index (Phi) is 8.39. The molecule has 5 rings (SSSR count). The van der Waals surface area contributed by atoms with Gasteiger partial charge in [-0.25, -0.2) is 32.9 Å². The third-order valence-electron chi connectivity index (χ3n) is 6.66. The first-order valence-electron chi connectivity index (χ1n) is 13.2. The fourth-order valence-electron chi connectivity index (χ4n) is 4.63. The van der Waals surface area contributed by atoms with Gasteiger partial charge in [-0.15, -0.1) is 0 Å². The predicted octanol–water partition coefficient (Wildman–Crippen LogP) is 4.13. The summed E-state index contributed by atoms with van der Waals surface area (Å²) in [4.78, 5) is 52.6. The summed E-state index contributed by atoms with van der Waals surface area (Å²) in [6.45, 7) is 0.00668. The number of benzene rings is 4. The van der Waals surface area contributed by atoms with E-state index in [2.05, 4.69) is 0 Å². The van der Waals surface area contributed by atoms with E-state index in [-0.39, 0.29) is 18.7 Å². The van der Waals surface area contributed by atoms with E-state index in [0.29, 0.717) is 22.6 Å². The van der Waals surface area contributed by atoms with Gasteiger partial charge in [0.2, 0.25) is 0 Å². The van der Waals surface area contributed by atoms with Crippen molar-refractivity contribution in [3.05, 3.63) is 176 Å². The average Bonchev–Trinajstić information content (AvgIpc) is 3.02. The molecule has 5 aromatic rings. The van der Waals surface area contributed by atoms with Gasteiger partial charge in [0, 0.05) is 0 Å². The highest BCUT2D eigenvalue weighted by molar-refractivity contribution is 5.87. The van der Waals surface area contributed by atoms with E-state index in [1.165, 1.54) is 12.1 Å². The molecule has 210 valence electrons. The van der Waals surface area contributed by atoms with E-state index < -0.39 is 29.1 Å². The van der Waals surface area contributed by atoms with E-state index >= 15 is 0 Å². The van der Waals surface area contributed by atoms with Crippen LogP contribution in [-0.2, 0) is 6.54 Å². The third-order valence-corrected chi connectivity index (χ3v) is 6.66. The second-order valence-corrected chi connectivity index (χ2v) is 9.34. The maximum Gasteiger partial charge on any atom is 0.341 e. The van der Waals surface area contributed by atoms with Crippen LogP contribution in [0.1, 0.15) is 27.5 Å². The minimum atomic E-state index is -1.03. The number of allylic oxidation sites excluding steroid dienone is 1. The summed E-state index contributed by atoms with van der Waals surface area (Å²) in [6.07, 6.45) is 3.25. The van der Waals surface area contributed by atoms with Crippen LogP contribution in [0.15, 0.2) is 142 Å². The largest absolute Gasteiger partial charge is 0.490 e. The molecule has 0 unspecified atom stereocenters. The Hall–Kier alpha value is -5.70. The topological polar surface area (TPSA) is 113 Å². The number of aromatic nitrogens is 3. The van der Waals surface area contributed by atoms with Gasteiger partial charge in [0.1, 0.15) is 12.4 Å². The van der Waals surface area contributed by atoms with Gasteiger partial charge in [0.05, 0.1) is 23.8 Å². The van der Waals surface area contributed by atoms with E-state index in [1.807, 2.05) is 60.7 Å². The molecule has 0 saturated carbocycles. The Morgan fingerprint density at radius 1 is 0.690 bits per heavy atom. The summed E-state index contributed by atoms with van der Waals surface area (Å²) in [5.74, 6) is -0.563. The van der Waals surface area contributed by atoms with Crippen LogP contribution in [0.5, 0.6) is 5.75 Å². The Labute approximate surface area is 240 Å². The normalized spacial score (nSPS) is 11.2. The summed E-state index contributed by atoms with van der Waals surface area (Å²) < 4.78 is 8.77. The number of carboxylic acids is 1. The molecule has 0 spiro atoms. The smallest absolute Gasteiger partial charge is 0.341 e. The molecule has 0 bridgehead atoms. The molecule has 0 aliphatic heterocycles. The summed E-state index contributed by atoms with van der Waals surface area (Å²) in [6, 6.07) is 32.1. The molecule has 0 radical (unpaired) electrons. The number of hydrogen-bond donors (Lipinski definition) is 1. The number of nitrogens with zero attached hydrogens (tertiary/aromatic N) is 3. The van der Waals surface area contributed by atoms with E-state index in [0.717, 1.165) is 13.7 Å². The first-order valence-corrected chi connectivity index (χ1v) is 13.2. The van der Waals surface area contributed by atoms with Crippen molar-refractivity contribution in [3.63, 3.8) is 0 Å². The van der Waals surface area contributed by atoms with Gasteiger partial charge in [-0.05, 0) is 53.6 Å². The number of ether oxygens (including phenoxy) is 1. The van der Waals surface area contributed by atoms with Crippen LogP contribution in [0.25, 0.3) is 5.69 Å². The minimum Gasteiger partial charge on any atom is -0.490 e. The fraction of sp³-hybridized carbons (Fsp3) is 0.0909. The molecule has 1 heterocycles. The van der Waals surface area contributed by atoms with Crippen molar-refractivity contribution in [2.45, 2.75) is 12.6 Å². The molecule has 42 heavy (non-hydrogen) atoms. The van der Waals surface area contributed by atoms with Crippen molar-refractivity contribution < 1.29 is 14.6 Å². The Morgan fingerprint density at radius 2 is 1.24 bits per heavy atom. The maximum absolute atomic E-state index is 14.0. The van der Waals surface area contributed by atoms with Crippen molar-refractivity contribution in [3.8, 4) is 11.4 Å². The van der Waals surface area contributed by atoms with Crippen LogP contribution in [-0.4, -0.2) is 31.4 Å². The molecular formula is C33H27N3O6. The molecule has 9 heteroatoms. The molecule has 9 nitrogen and oxygen atoms in total. The van der Waals surface area contributed by atoms with Gasteiger partial charge in [0.25, 0.3) is 0 Å². The summed E-state index contributed by atoms with van der Waals surface area (Å²) in [5.41, 5.74) is -0.344. The lowest BCUT2D eigenvalue weighted by Gasteiger charge is -2.22. The second kappa shape index (κ2) is 12.6. The molecule has 1 N–H and O–H groups in total. The molecule has 4 aromatic carbocycles. The Morgan fingerprint density at radius 3 is 1.79 bits per heavy atom. The van der Waals surface area contributed by atoms with Crippen molar-refractivity contribution in [2.75, 3.05) is 6.61 Å². The van der Waals surface area contributed by atoms with E-state index in [9.17, 15) is 19.2 Å². The van der Waals surface area contributed by atoms with E-state index in [1.54, 1.807) is 54.6 Å². The number of hydrogen-bond acceptors (Lipinski definition) is 5. The van der Waals surface area contributed by atoms with Crippen LogP contribution < -0.4 is 21.8 Å². The second-order valence-electron chi connectivity index (χ2n) is 9.34. The Balaban J connectivity index is 1.56. The molecule has 0 aliphatic rings. The lowest BCUT2D eigenvalue weighted by atomic mass is 9.98. The van der Waals surface area contributed by atoms with Crippen molar-refractivity contribution >= 4 is 5.97 Å². The lowest BCUT2D eigenvalue weighted by molar-refractivity contribution is 0.0697. The van der Waals surface area contributed by atoms with Crippen molar-refractivity contribution in [2.24, 2.45) is 0 Å². The Bertz CT molecular complexity index is 1840. The highest BCUT2D eigenvalue weighted by Gasteiger charge is 2.25. The molecule has 0 amide bonds. The molecule has 0 saturated heterocycles. The van der Waals surface area contributed by atoms with Gasteiger partial charge >= 0.3 is 23.0 Å². The van der Waals surface area contributed by atoms with Crippen LogP contribution >= 0.6 is 0 Å². The highest BCUT2D eigenvalue weighted by Crippen LogP contribution is 2.24. The zero-order valence-electron chi connectivity index (χ0n) is 22.4. The molecule has 0 fully saturated rings. The summed E-state index contributed by atoms with van der Waals surface area (Å²) in [5, 5.41) is 9.04. The highest BCUT2D eigenvalue weighted by atomic mass is 16.5. The first kappa shape index (κ1) is 27.9. The summed E-state index contributed by atoms with van der Waals surface area (Å²) >= 11 is 0. The molecular weight excluding hydrogens is 534 g/mol. The van der Waals surface area contributed by atoms with Crippen molar-refractivity contribution in [1.82, 2.24) is 13.7 Å². The van der Waals surface area contributed by atoms with Gasteiger partial charge in [-0.1, -0.05) is 84.9 Å². The predicted molar refractivity (Wildman–Crippen MR) is 159 cm³/mol. The monoisotopic (exact) mass is 561 g/mol.